The molecule has 0 radical (unpaired) electrons. The van der Waals surface area contributed by atoms with Crippen LogP contribution in [0.5, 0.6) is 0 Å². The van der Waals surface area contributed by atoms with Crippen LogP contribution in [0, 0.1) is 0 Å². The molecule has 24 nitrogen and oxygen atoms in total. The van der Waals surface area contributed by atoms with Crippen LogP contribution in [-0.4, -0.2) is 195 Å². The van der Waals surface area contributed by atoms with E-state index in [1.54, 1.807) is 24.3 Å². The van der Waals surface area contributed by atoms with Gasteiger partial charge in [0.1, 0.15) is 23.3 Å². The summed E-state index contributed by atoms with van der Waals surface area (Å²) in [4.78, 5) is 97.9. The van der Waals surface area contributed by atoms with Gasteiger partial charge in [-0.2, -0.15) is 19.9 Å². The fourth-order valence-electron chi connectivity index (χ4n) is 16.3. The summed E-state index contributed by atoms with van der Waals surface area (Å²) < 4.78 is 21.7. The second-order valence-electron chi connectivity index (χ2n) is 28.5. The molecule has 0 amide bonds. The van der Waals surface area contributed by atoms with Crippen LogP contribution in [0.2, 0.25) is 0 Å². The molecular formula is C80H104N16O8. The molecule has 4 aromatic carbocycles. The predicted molar refractivity (Wildman–Crippen MR) is 412 cm³/mol. The zero-order chi connectivity index (χ0) is 71.7. The number of aromatic amines is 4. The van der Waals surface area contributed by atoms with Crippen molar-refractivity contribution in [1.29, 1.82) is 0 Å². The molecule has 0 spiro atoms. The number of rotatable bonds is 16. The van der Waals surface area contributed by atoms with Crippen molar-refractivity contribution in [2.75, 3.05) is 171 Å². The zero-order valence-electron chi connectivity index (χ0n) is 60.9. The predicted octanol–water partition coefficient (Wildman–Crippen LogP) is 9.52. The van der Waals surface area contributed by atoms with Crippen molar-refractivity contribution in [2.24, 2.45) is 0 Å². The van der Waals surface area contributed by atoms with Crippen molar-refractivity contribution in [3.05, 3.63) is 209 Å². The first-order valence-corrected chi connectivity index (χ1v) is 37.9. The number of aromatic nitrogens is 8. The molecule has 16 rings (SSSR count). The highest BCUT2D eigenvalue weighted by Gasteiger charge is 2.37. The van der Waals surface area contributed by atoms with E-state index in [0.29, 0.717) is 124 Å². The van der Waals surface area contributed by atoms with Crippen LogP contribution in [0.25, 0.3) is 0 Å². The lowest BCUT2D eigenvalue weighted by molar-refractivity contribution is 0.122. The Balaban J connectivity index is 0.000000123. The number of anilines is 8. The molecule has 12 heterocycles. The average Bonchev–Trinajstić information content (AvgIpc) is 1.55. The summed E-state index contributed by atoms with van der Waals surface area (Å²) in [7, 11) is 0. The Kier molecular flexibility index (Phi) is 24.8. The monoisotopic (exact) mass is 1420 g/mol. The Morgan fingerprint density at radius 3 is 0.683 bits per heavy atom. The molecule has 4 aromatic heterocycles. The summed E-state index contributed by atoms with van der Waals surface area (Å²) in [6, 6.07) is 50.1. The van der Waals surface area contributed by atoms with Gasteiger partial charge in [0.05, 0.1) is 52.9 Å². The van der Waals surface area contributed by atoms with Crippen molar-refractivity contribution in [3.8, 4) is 0 Å². The quantitative estimate of drug-likeness (QED) is 0.0703. The van der Waals surface area contributed by atoms with E-state index < -0.39 is 0 Å². The standard InChI is InChI=1S/4C20H26N4O2/c4*1-15(16-6-3-2-4-7-16)17-8-5-9-24(17)20-21-18(14-19(25)22-20)23-10-12-26-13-11-23/h4*2-4,6-7,14-15,17H,5,8-13H2,1H3,(H,21,22,25)/t2*15-,17+;2*15-,17-/m1010/s1. The minimum absolute atomic E-state index is 0.0884. The van der Waals surface area contributed by atoms with E-state index in [1.807, 2.05) is 24.3 Å². The van der Waals surface area contributed by atoms with Gasteiger partial charge in [-0.25, -0.2) is 0 Å². The summed E-state index contributed by atoms with van der Waals surface area (Å²) in [6.45, 7) is 24.5. The van der Waals surface area contributed by atoms with Gasteiger partial charge in [0.25, 0.3) is 22.2 Å². The van der Waals surface area contributed by atoms with E-state index in [4.69, 9.17) is 38.9 Å². The first-order valence-electron chi connectivity index (χ1n) is 37.9. The number of hydrogen-bond acceptors (Lipinski definition) is 20. The van der Waals surface area contributed by atoms with E-state index >= 15 is 0 Å². The number of nitrogens with one attached hydrogen (secondary N) is 4. The highest BCUT2D eigenvalue weighted by atomic mass is 16.5. The molecule has 8 aliphatic rings. The summed E-state index contributed by atoms with van der Waals surface area (Å²) in [5.74, 6) is 7.35. The molecule has 8 aromatic rings. The van der Waals surface area contributed by atoms with Crippen LogP contribution in [0.1, 0.15) is 125 Å². The summed E-state index contributed by atoms with van der Waals surface area (Å²) >= 11 is 0. The maximum absolute atomic E-state index is 12.3. The highest BCUT2D eigenvalue weighted by molar-refractivity contribution is 5.50. The zero-order valence-corrected chi connectivity index (χ0v) is 60.9. The van der Waals surface area contributed by atoms with Crippen LogP contribution < -0.4 is 61.4 Å². The second-order valence-corrected chi connectivity index (χ2v) is 28.5. The molecule has 104 heavy (non-hydrogen) atoms. The van der Waals surface area contributed by atoms with E-state index in [2.05, 4.69) is 184 Å². The smallest absolute Gasteiger partial charge is 0.254 e. The third-order valence-electron chi connectivity index (χ3n) is 22.1. The van der Waals surface area contributed by atoms with Crippen molar-refractivity contribution in [2.45, 2.75) is 127 Å². The molecule has 4 N–H and O–H groups in total. The fourth-order valence-corrected chi connectivity index (χ4v) is 16.3. The minimum atomic E-state index is -0.0884. The normalized spacial score (nSPS) is 21.8. The lowest BCUT2D eigenvalue weighted by atomic mass is 9.92. The van der Waals surface area contributed by atoms with Gasteiger partial charge in [-0.15, -0.1) is 0 Å². The van der Waals surface area contributed by atoms with Crippen LogP contribution >= 0.6 is 0 Å². The Bertz CT molecular complexity index is 3680. The van der Waals surface area contributed by atoms with Gasteiger partial charge >= 0.3 is 0 Å². The summed E-state index contributed by atoms with van der Waals surface area (Å²) in [6.07, 6.45) is 8.92. The van der Waals surface area contributed by atoms with Gasteiger partial charge < -0.3 is 58.1 Å². The topological polar surface area (TPSA) is 246 Å². The summed E-state index contributed by atoms with van der Waals surface area (Å²) in [5, 5.41) is 0. The van der Waals surface area contributed by atoms with E-state index in [9.17, 15) is 19.2 Å². The van der Waals surface area contributed by atoms with Crippen molar-refractivity contribution in [3.63, 3.8) is 0 Å². The lowest BCUT2D eigenvalue weighted by Crippen LogP contribution is -2.39. The van der Waals surface area contributed by atoms with Gasteiger partial charge in [-0.3, -0.25) is 39.1 Å². The van der Waals surface area contributed by atoms with Crippen LogP contribution in [0.15, 0.2) is 165 Å². The molecule has 0 bridgehead atoms. The Morgan fingerprint density at radius 1 is 0.298 bits per heavy atom. The molecule has 0 unspecified atom stereocenters. The van der Waals surface area contributed by atoms with Crippen LogP contribution in [0.3, 0.4) is 0 Å². The van der Waals surface area contributed by atoms with Crippen LogP contribution in [-0.2, 0) is 18.9 Å². The SMILES string of the molecule is C[C@@H](c1ccccc1)[C@@H]1CCCN1c1nc(N2CCOCC2)cc(=O)[nH]1.C[C@@H](c1ccccc1)[C@H]1CCCN1c1nc(N2CCOCC2)cc(=O)[nH]1.C[C@H](c1ccccc1)[C@@H]1CCCN1c1nc(N2CCOCC2)cc(=O)[nH]1.C[C@H](c1ccccc1)[C@H]1CCCN1c1nc(N2CCOCC2)cc(=O)[nH]1. The van der Waals surface area contributed by atoms with Crippen molar-refractivity contribution >= 4 is 47.1 Å². The second kappa shape index (κ2) is 35.4. The van der Waals surface area contributed by atoms with Gasteiger partial charge in [0, 0.05) is 151 Å². The number of H-pyrrole nitrogens is 4. The largest absolute Gasteiger partial charge is 0.378 e. The first-order chi connectivity index (χ1) is 50.9. The van der Waals surface area contributed by atoms with E-state index in [-0.39, 0.29) is 22.2 Å². The lowest BCUT2D eigenvalue weighted by Gasteiger charge is -2.32. The molecule has 8 aliphatic heterocycles. The Hall–Kier alpha value is -9.36. The number of nitrogens with zero attached hydrogens (tertiary/aromatic N) is 12. The van der Waals surface area contributed by atoms with Gasteiger partial charge in [0.15, 0.2) is 0 Å². The molecule has 0 saturated carbocycles. The van der Waals surface area contributed by atoms with Crippen molar-refractivity contribution in [1.82, 2.24) is 39.9 Å². The number of hydrogen-bond donors (Lipinski definition) is 4. The highest BCUT2D eigenvalue weighted by Crippen LogP contribution is 2.38. The van der Waals surface area contributed by atoms with Gasteiger partial charge in [-0.05, 0) is 73.6 Å². The molecule has 8 saturated heterocycles. The van der Waals surface area contributed by atoms with Crippen molar-refractivity contribution < 1.29 is 18.9 Å². The number of benzene rings is 4. The fraction of sp³-hybridized carbons (Fsp3) is 0.500. The van der Waals surface area contributed by atoms with E-state index in [0.717, 1.165) is 153 Å². The Morgan fingerprint density at radius 2 is 0.490 bits per heavy atom. The molecular weight excluding hydrogens is 1310 g/mol. The average molecular weight is 1420 g/mol. The van der Waals surface area contributed by atoms with Gasteiger partial charge in [0.2, 0.25) is 23.8 Å². The molecule has 24 heteroatoms. The molecule has 8 fully saturated rings. The van der Waals surface area contributed by atoms with Crippen LogP contribution in [0.4, 0.5) is 47.1 Å². The summed E-state index contributed by atoms with van der Waals surface area (Å²) in [5.41, 5.74) is 4.97. The maximum Gasteiger partial charge on any atom is 0.254 e. The minimum Gasteiger partial charge on any atom is -0.378 e. The molecule has 0 aliphatic carbocycles. The number of morpholine rings is 4. The molecule has 552 valence electrons. The third-order valence-corrected chi connectivity index (χ3v) is 22.1. The first kappa shape index (κ1) is 73.0. The third kappa shape index (κ3) is 18.2. The maximum atomic E-state index is 12.3. The number of ether oxygens (including phenoxy) is 4. The van der Waals surface area contributed by atoms with E-state index in [1.165, 1.54) is 22.3 Å². The molecule has 8 atom stereocenters. The Labute approximate surface area is 609 Å². The van der Waals surface area contributed by atoms with Gasteiger partial charge in [-0.1, -0.05) is 149 Å².